The van der Waals surface area contributed by atoms with Crippen molar-refractivity contribution >= 4 is 11.6 Å². The standard InChI is InChI=1S/C13H16ClN3O2/c1-8-4-5-9(6-10(8)14)11-16-12(17-19-11)13(2,15)7-18-3/h4-6H,7,15H2,1-3H3. The minimum atomic E-state index is -0.787. The molecule has 0 spiro atoms. The van der Waals surface area contributed by atoms with Crippen molar-refractivity contribution in [2.45, 2.75) is 19.4 Å². The zero-order valence-corrected chi connectivity index (χ0v) is 11.9. The van der Waals surface area contributed by atoms with Crippen molar-refractivity contribution in [3.05, 3.63) is 34.6 Å². The number of hydrogen-bond donors (Lipinski definition) is 1. The summed E-state index contributed by atoms with van der Waals surface area (Å²) in [6.45, 7) is 4.02. The lowest BCUT2D eigenvalue weighted by molar-refractivity contribution is 0.135. The van der Waals surface area contributed by atoms with Crippen molar-refractivity contribution in [1.29, 1.82) is 0 Å². The van der Waals surface area contributed by atoms with Crippen LogP contribution in [-0.2, 0) is 10.3 Å². The van der Waals surface area contributed by atoms with Crippen LogP contribution in [0.25, 0.3) is 11.5 Å². The number of methoxy groups -OCH3 is 1. The molecule has 6 heteroatoms. The third kappa shape index (κ3) is 2.94. The van der Waals surface area contributed by atoms with Gasteiger partial charge in [0.05, 0.1) is 6.61 Å². The maximum absolute atomic E-state index is 6.08. The SMILES string of the molecule is COCC(C)(N)c1noc(-c2ccc(C)c(Cl)c2)n1. The molecule has 1 atom stereocenters. The van der Waals surface area contributed by atoms with E-state index in [9.17, 15) is 0 Å². The van der Waals surface area contributed by atoms with Crippen LogP contribution in [0.2, 0.25) is 5.02 Å². The van der Waals surface area contributed by atoms with E-state index in [2.05, 4.69) is 10.1 Å². The molecule has 0 saturated heterocycles. The Kier molecular flexibility index (Phi) is 3.89. The van der Waals surface area contributed by atoms with Gasteiger partial charge < -0.3 is 15.0 Å². The van der Waals surface area contributed by atoms with Gasteiger partial charge >= 0.3 is 0 Å². The molecule has 0 fully saturated rings. The quantitative estimate of drug-likeness (QED) is 0.932. The minimum absolute atomic E-state index is 0.306. The lowest BCUT2D eigenvalue weighted by Crippen LogP contribution is -2.38. The van der Waals surface area contributed by atoms with Gasteiger partial charge in [0.15, 0.2) is 5.82 Å². The molecular formula is C13H16ClN3O2. The largest absolute Gasteiger partial charge is 0.382 e. The van der Waals surface area contributed by atoms with Gasteiger partial charge in [-0.2, -0.15) is 4.98 Å². The van der Waals surface area contributed by atoms with Crippen molar-refractivity contribution in [1.82, 2.24) is 10.1 Å². The fourth-order valence-corrected chi connectivity index (χ4v) is 1.84. The summed E-state index contributed by atoms with van der Waals surface area (Å²) in [5.41, 5.74) is 7.03. The van der Waals surface area contributed by atoms with Gasteiger partial charge in [-0.15, -0.1) is 0 Å². The first-order valence-corrected chi connectivity index (χ1v) is 6.20. The van der Waals surface area contributed by atoms with Crippen LogP contribution in [0.4, 0.5) is 0 Å². The molecule has 0 bridgehead atoms. The van der Waals surface area contributed by atoms with Crippen molar-refractivity contribution in [2.24, 2.45) is 5.73 Å². The fraction of sp³-hybridized carbons (Fsp3) is 0.385. The second-order valence-corrected chi connectivity index (χ2v) is 5.14. The molecule has 1 aromatic heterocycles. The summed E-state index contributed by atoms with van der Waals surface area (Å²) in [5.74, 6) is 0.797. The van der Waals surface area contributed by atoms with E-state index in [0.29, 0.717) is 23.3 Å². The average molecular weight is 282 g/mol. The fourth-order valence-electron chi connectivity index (χ4n) is 1.66. The van der Waals surface area contributed by atoms with Crippen LogP contribution in [0.15, 0.2) is 22.7 Å². The van der Waals surface area contributed by atoms with Crippen molar-refractivity contribution in [2.75, 3.05) is 13.7 Å². The molecule has 0 aliphatic heterocycles. The molecule has 1 aromatic carbocycles. The Morgan fingerprint density at radius 2 is 2.21 bits per heavy atom. The normalized spacial score (nSPS) is 14.4. The number of aromatic nitrogens is 2. The first-order valence-electron chi connectivity index (χ1n) is 5.82. The van der Waals surface area contributed by atoms with Crippen LogP contribution >= 0.6 is 11.6 Å². The van der Waals surface area contributed by atoms with Gasteiger partial charge in [0, 0.05) is 17.7 Å². The van der Waals surface area contributed by atoms with Crippen molar-refractivity contribution in [3.63, 3.8) is 0 Å². The van der Waals surface area contributed by atoms with E-state index in [1.807, 2.05) is 19.1 Å². The Hall–Kier alpha value is -1.43. The van der Waals surface area contributed by atoms with Crippen LogP contribution in [-0.4, -0.2) is 23.9 Å². The second-order valence-electron chi connectivity index (χ2n) is 4.74. The van der Waals surface area contributed by atoms with Gasteiger partial charge in [-0.3, -0.25) is 0 Å². The van der Waals surface area contributed by atoms with Gasteiger partial charge in [-0.25, -0.2) is 0 Å². The predicted molar refractivity (Wildman–Crippen MR) is 72.9 cm³/mol. The van der Waals surface area contributed by atoms with E-state index in [1.165, 1.54) is 0 Å². The minimum Gasteiger partial charge on any atom is -0.382 e. The molecule has 0 saturated carbocycles. The summed E-state index contributed by atoms with van der Waals surface area (Å²) in [4.78, 5) is 4.30. The molecule has 19 heavy (non-hydrogen) atoms. The molecule has 2 aromatic rings. The molecule has 5 nitrogen and oxygen atoms in total. The number of benzene rings is 1. The predicted octanol–water partition coefficient (Wildman–Crippen LogP) is 2.52. The summed E-state index contributed by atoms with van der Waals surface area (Å²) in [6.07, 6.45) is 0. The van der Waals surface area contributed by atoms with E-state index in [-0.39, 0.29) is 0 Å². The molecule has 0 aliphatic carbocycles. The van der Waals surface area contributed by atoms with E-state index >= 15 is 0 Å². The number of nitrogens with zero attached hydrogens (tertiary/aromatic N) is 2. The van der Waals surface area contributed by atoms with Gasteiger partial charge in [0.1, 0.15) is 5.54 Å². The van der Waals surface area contributed by atoms with Crippen LogP contribution < -0.4 is 5.73 Å². The highest BCUT2D eigenvalue weighted by Crippen LogP contribution is 2.25. The van der Waals surface area contributed by atoms with Gasteiger partial charge in [-0.1, -0.05) is 22.8 Å². The first kappa shape index (κ1) is 14.0. The van der Waals surface area contributed by atoms with Crippen LogP contribution in [0.3, 0.4) is 0 Å². The van der Waals surface area contributed by atoms with Crippen LogP contribution in [0.1, 0.15) is 18.3 Å². The zero-order chi connectivity index (χ0) is 14.0. The zero-order valence-electron chi connectivity index (χ0n) is 11.1. The Labute approximate surface area is 116 Å². The molecule has 1 unspecified atom stereocenters. The summed E-state index contributed by atoms with van der Waals surface area (Å²) >= 11 is 6.08. The summed E-state index contributed by atoms with van der Waals surface area (Å²) < 4.78 is 10.3. The Morgan fingerprint density at radius 3 is 2.84 bits per heavy atom. The molecule has 0 amide bonds. The number of halogens is 1. The van der Waals surface area contributed by atoms with E-state index in [4.69, 9.17) is 26.6 Å². The molecule has 102 valence electrons. The Balaban J connectivity index is 2.33. The number of nitrogens with two attached hydrogens (primary N) is 1. The number of hydrogen-bond acceptors (Lipinski definition) is 5. The lowest BCUT2D eigenvalue weighted by atomic mass is 10.1. The van der Waals surface area contributed by atoms with Crippen molar-refractivity contribution in [3.8, 4) is 11.5 Å². The Bertz CT molecular complexity index is 581. The Morgan fingerprint density at radius 1 is 1.47 bits per heavy atom. The number of rotatable bonds is 4. The van der Waals surface area contributed by atoms with Crippen LogP contribution in [0.5, 0.6) is 0 Å². The topological polar surface area (TPSA) is 74.2 Å². The maximum atomic E-state index is 6.08. The first-order chi connectivity index (χ1) is 8.94. The highest BCUT2D eigenvalue weighted by Gasteiger charge is 2.27. The molecule has 1 heterocycles. The number of aryl methyl sites for hydroxylation is 1. The molecule has 0 radical (unpaired) electrons. The second kappa shape index (κ2) is 5.28. The van der Waals surface area contributed by atoms with Gasteiger partial charge in [0.2, 0.25) is 0 Å². The summed E-state index contributed by atoms with van der Waals surface area (Å²) in [7, 11) is 1.58. The smallest absolute Gasteiger partial charge is 0.258 e. The van der Waals surface area contributed by atoms with Gasteiger partial charge in [0.25, 0.3) is 5.89 Å². The third-order valence-electron chi connectivity index (χ3n) is 2.80. The highest BCUT2D eigenvalue weighted by atomic mass is 35.5. The number of ether oxygens (including phenoxy) is 1. The van der Waals surface area contributed by atoms with Crippen LogP contribution in [0, 0.1) is 6.92 Å². The molecule has 0 aliphatic rings. The monoisotopic (exact) mass is 281 g/mol. The van der Waals surface area contributed by atoms with E-state index in [0.717, 1.165) is 11.1 Å². The average Bonchev–Trinajstić information content (AvgIpc) is 2.83. The lowest BCUT2D eigenvalue weighted by Gasteiger charge is -2.18. The van der Waals surface area contributed by atoms with Gasteiger partial charge in [-0.05, 0) is 31.5 Å². The van der Waals surface area contributed by atoms with E-state index < -0.39 is 5.54 Å². The molecular weight excluding hydrogens is 266 g/mol. The maximum Gasteiger partial charge on any atom is 0.258 e. The third-order valence-corrected chi connectivity index (χ3v) is 3.21. The van der Waals surface area contributed by atoms with Crippen molar-refractivity contribution < 1.29 is 9.26 Å². The molecule has 2 N–H and O–H groups in total. The summed E-state index contributed by atoms with van der Waals surface area (Å²) in [6, 6.07) is 5.57. The van der Waals surface area contributed by atoms with E-state index in [1.54, 1.807) is 20.1 Å². The molecule has 2 rings (SSSR count). The highest BCUT2D eigenvalue weighted by molar-refractivity contribution is 6.31. The summed E-state index contributed by atoms with van der Waals surface area (Å²) in [5, 5.41) is 4.56.